The van der Waals surface area contributed by atoms with E-state index >= 15 is 0 Å². The fraction of sp³-hybridized carbons (Fsp3) is 0.571. The second kappa shape index (κ2) is 3.02. The third kappa shape index (κ3) is 1.58. The first-order valence-electron chi connectivity index (χ1n) is 3.44. The predicted molar refractivity (Wildman–Crippen MR) is 40.0 cm³/mol. The molecule has 1 aromatic heterocycles. The van der Waals surface area contributed by atoms with E-state index in [2.05, 4.69) is 5.10 Å². The molecular weight excluding hydrogens is 144 g/mol. The maximum atomic E-state index is 9.21. The molecule has 0 aliphatic heterocycles. The molecule has 1 unspecified atom stereocenters. The first kappa shape index (κ1) is 8.23. The van der Waals surface area contributed by atoms with Crippen LogP contribution in [-0.2, 0) is 7.05 Å². The molecule has 0 saturated carbocycles. The van der Waals surface area contributed by atoms with Gasteiger partial charge < -0.3 is 10.2 Å². The van der Waals surface area contributed by atoms with E-state index in [4.69, 9.17) is 5.11 Å². The molecule has 0 aliphatic carbocycles. The molecule has 11 heavy (non-hydrogen) atoms. The number of hydrogen-bond donors (Lipinski definition) is 2. The maximum Gasteiger partial charge on any atom is 0.119 e. The van der Waals surface area contributed by atoms with E-state index < -0.39 is 6.10 Å². The topological polar surface area (TPSA) is 58.3 Å². The van der Waals surface area contributed by atoms with E-state index in [9.17, 15) is 5.11 Å². The molecule has 0 fully saturated rings. The first-order chi connectivity index (χ1) is 5.15. The standard InChI is InChI=1S/C7H12N2O2/c1-5-3-6(7(11)4-10)9(2)8-5/h3,7,10-11H,4H2,1-2H3. The Kier molecular flexibility index (Phi) is 2.26. The van der Waals surface area contributed by atoms with Gasteiger partial charge in [-0.3, -0.25) is 4.68 Å². The van der Waals surface area contributed by atoms with Crippen LogP contribution in [0.3, 0.4) is 0 Å². The summed E-state index contributed by atoms with van der Waals surface area (Å²) >= 11 is 0. The molecule has 4 nitrogen and oxygen atoms in total. The summed E-state index contributed by atoms with van der Waals surface area (Å²) < 4.78 is 1.57. The average molecular weight is 156 g/mol. The number of aryl methyl sites for hydroxylation is 2. The van der Waals surface area contributed by atoms with Crippen molar-refractivity contribution in [3.63, 3.8) is 0 Å². The van der Waals surface area contributed by atoms with Crippen LogP contribution in [0.5, 0.6) is 0 Å². The quantitative estimate of drug-likeness (QED) is 0.621. The van der Waals surface area contributed by atoms with E-state index in [1.807, 2.05) is 6.92 Å². The molecule has 0 amide bonds. The highest BCUT2D eigenvalue weighted by Crippen LogP contribution is 2.11. The second-order valence-corrected chi connectivity index (χ2v) is 2.53. The van der Waals surface area contributed by atoms with Gasteiger partial charge in [0.1, 0.15) is 6.10 Å². The third-order valence-electron chi connectivity index (χ3n) is 1.55. The van der Waals surface area contributed by atoms with Gasteiger partial charge in [0.25, 0.3) is 0 Å². The van der Waals surface area contributed by atoms with Gasteiger partial charge in [-0.15, -0.1) is 0 Å². The van der Waals surface area contributed by atoms with Crippen LogP contribution in [0.25, 0.3) is 0 Å². The maximum absolute atomic E-state index is 9.21. The van der Waals surface area contributed by atoms with Gasteiger partial charge in [-0.2, -0.15) is 5.10 Å². The molecule has 0 saturated heterocycles. The Morgan fingerprint density at radius 1 is 1.73 bits per heavy atom. The Balaban J connectivity index is 2.93. The minimum atomic E-state index is -0.818. The molecule has 1 aromatic rings. The molecule has 4 heteroatoms. The van der Waals surface area contributed by atoms with Crippen LogP contribution in [0.2, 0.25) is 0 Å². The molecule has 0 aromatic carbocycles. The van der Waals surface area contributed by atoms with E-state index in [0.29, 0.717) is 5.69 Å². The minimum absolute atomic E-state index is 0.265. The molecule has 0 aliphatic rings. The molecule has 1 rings (SSSR count). The highest BCUT2D eigenvalue weighted by atomic mass is 16.3. The van der Waals surface area contributed by atoms with Crippen molar-refractivity contribution >= 4 is 0 Å². The second-order valence-electron chi connectivity index (χ2n) is 2.53. The monoisotopic (exact) mass is 156 g/mol. The van der Waals surface area contributed by atoms with Crippen LogP contribution in [0.4, 0.5) is 0 Å². The molecule has 0 bridgehead atoms. The van der Waals surface area contributed by atoms with Crippen molar-refractivity contribution in [2.24, 2.45) is 7.05 Å². The van der Waals surface area contributed by atoms with Crippen LogP contribution in [-0.4, -0.2) is 26.6 Å². The summed E-state index contributed by atoms with van der Waals surface area (Å²) in [6.07, 6.45) is -0.818. The minimum Gasteiger partial charge on any atom is -0.393 e. The molecule has 0 radical (unpaired) electrons. The molecule has 1 atom stereocenters. The zero-order chi connectivity index (χ0) is 8.43. The van der Waals surface area contributed by atoms with Gasteiger partial charge in [-0.25, -0.2) is 0 Å². The van der Waals surface area contributed by atoms with Gasteiger partial charge in [-0.05, 0) is 13.0 Å². The van der Waals surface area contributed by atoms with E-state index in [0.717, 1.165) is 5.69 Å². The first-order valence-corrected chi connectivity index (χ1v) is 3.44. The fourth-order valence-electron chi connectivity index (χ4n) is 1.04. The Hall–Kier alpha value is -0.870. The number of hydrogen-bond acceptors (Lipinski definition) is 3. The Morgan fingerprint density at radius 2 is 2.36 bits per heavy atom. The lowest BCUT2D eigenvalue weighted by Gasteiger charge is -2.05. The summed E-state index contributed by atoms with van der Waals surface area (Å²) in [5.74, 6) is 0. The summed E-state index contributed by atoms with van der Waals surface area (Å²) in [5, 5.41) is 21.9. The number of rotatable bonds is 2. The van der Waals surface area contributed by atoms with Gasteiger partial charge >= 0.3 is 0 Å². The number of aliphatic hydroxyl groups excluding tert-OH is 2. The van der Waals surface area contributed by atoms with Crippen molar-refractivity contribution in [2.75, 3.05) is 6.61 Å². The number of nitrogens with zero attached hydrogens (tertiary/aromatic N) is 2. The van der Waals surface area contributed by atoms with Crippen LogP contribution < -0.4 is 0 Å². The van der Waals surface area contributed by atoms with Gasteiger partial charge in [-0.1, -0.05) is 0 Å². The van der Waals surface area contributed by atoms with Gasteiger partial charge in [0, 0.05) is 7.05 Å². The third-order valence-corrected chi connectivity index (χ3v) is 1.55. The van der Waals surface area contributed by atoms with E-state index in [-0.39, 0.29) is 6.61 Å². The lowest BCUT2D eigenvalue weighted by Crippen LogP contribution is -2.08. The largest absolute Gasteiger partial charge is 0.393 e. The average Bonchev–Trinajstić information content (AvgIpc) is 2.28. The van der Waals surface area contributed by atoms with Gasteiger partial charge in [0.2, 0.25) is 0 Å². The number of aromatic nitrogens is 2. The van der Waals surface area contributed by atoms with E-state index in [1.54, 1.807) is 17.8 Å². The molecule has 1 heterocycles. The van der Waals surface area contributed by atoms with Crippen LogP contribution in [0.1, 0.15) is 17.5 Å². The smallest absolute Gasteiger partial charge is 0.119 e. The number of aliphatic hydroxyl groups is 2. The van der Waals surface area contributed by atoms with E-state index in [1.165, 1.54) is 0 Å². The Labute approximate surface area is 65.1 Å². The van der Waals surface area contributed by atoms with Crippen LogP contribution >= 0.6 is 0 Å². The SMILES string of the molecule is Cc1cc(C(O)CO)n(C)n1. The summed E-state index contributed by atoms with van der Waals surface area (Å²) in [6, 6.07) is 1.75. The van der Waals surface area contributed by atoms with Crippen molar-refractivity contribution in [1.82, 2.24) is 9.78 Å². The van der Waals surface area contributed by atoms with Gasteiger partial charge in [0.05, 0.1) is 18.0 Å². The van der Waals surface area contributed by atoms with Crippen molar-refractivity contribution in [3.05, 3.63) is 17.5 Å². The van der Waals surface area contributed by atoms with Crippen LogP contribution in [0.15, 0.2) is 6.07 Å². The van der Waals surface area contributed by atoms with Crippen molar-refractivity contribution in [1.29, 1.82) is 0 Å². The summed E-state index contributed by atoms with van der Waals surface area (Å²) in [6.45, 7) is 1.58. The Morgan fingerprint density at radius 3 is 2.73 bits per heavy atom. The molecule has 0 spiro atoms. The van der Waals surface area contributed by atoms with Crippen molar-refractivity contribution < 1.29 is 10.2 Å². The summed E-state index contributed by atoms with van der Waals surface area (Å²) in [5.41, 5.74) is 1.49. The van der Waals surface area contributed by atoms with Gasteiger partial charge in [0.15, 0.2) is 0 Å². The molecule has 62 valence electrons. The fourth-order valence-corrected chi connectivity index (χ4v) is 1.04. The normalized spacial score (nSPS) is 13.5. The van der Waals surface area contributed by atoms with Crippen LogP contribution in [0, 0.1) is 6.92 Å². The lowest BCUT2D eigenvalue weighted by molar-refractivity contribution is 0.0891. The van der Waals surface area contributed by atoms with Crippen molar-refractivity contribution in [2.45, 2.75) is 13.0 Å². The highest BCUT2D eigenvalue weighted by molar-refractivity contribution is 5.11. The predicted octanol–water partition coefficient (Wildman–Crippen LogP) is -0.246. The Bertz CT molecular complexity index is 245. The summed E-state index contributed by atoms with van der Waals surface area (Å²) in [4.78, 5) is 0. The van der Waals surface area contributed by atoms with Crippen molar-refractivity contribution in [3.8, 4) is 0 Å². The molecular formula is C7H12N2O2. The zero-order valence-electron chi connectivity index (χ0n) is 6.65. The highest BCUT2D eigenvalue weighted by Gasteiger charge is 2.10. The molecule has 2 N–H and O–H groups in total. The lowest BCUT2D eigenvalue weighted by atomic mass is 10.2. The zero-order valence-corrected chi connectivity index (χ0v) is 6.65. The summed E-state index contributed by atoms with van der Waals surface area (Å²) in [7, 11) is 1.74.